The Balaban J connectivity index is 2.93. The van der Waals surface area contributed by atoms with E-state index in [1.807, 2.05) is 18.2 Å². The van der Waals surface area contributed by atoms with Crippen molar-refractivity contribution in [3.63, 3.8) is 0 Å². The number of aliphatic hydroxyl groups excluding tert-OH is 1. The standard InChI is InChI=1S/C9H8OS2/c10-8(6-9(11)12)7-4-2-1-3-5-7/h1-6,10H,(H,11,12)/b8-6+. The summed E-state index contributed by atoms with van der Waals surface area (Å²) in [5.74, 6) is 0.149. The number of rotatable bonds is 2. The molecule has 0 saturated heterocycles. The van der Waals surface area contributed by atoms with Gasteiger partial charge in [0, 0.05) is 11.6 Å². The van der Waals surface area contributed by atoms with E-state index in [9.17, 15) is 5.11 Å². The van der Waals surface area contributed by atoms with Crippen LogP contribution in [0.2, 0.25) is 0 Å². The second-order valence-electron chi connectivity index (χ2n) is 2.23. The van der Waals surface area contributed by atoms with E-state index >= 15 is 0 Å². The SMILES string of the molecule is O/C(=C/C(=S)S)c1ccccc1. The average molecular weight is 196 g/mol. The average Bonchev–Trinajstić information content (AvgIpc) is 2.05. The lowest BCUT2D eigenvalue weighted by Crippen LogP contribution is -1.84. The van der Waals surface area contributed by atoms with Crippen molar-refractivity contribution >= 4 is 34.8 Å². The van der Waals surface area contributed by atoms with Gasteiger partial charge in [0.15, 0.2) is 0 Å². The van der Waals surface area contributed by atoms with Crippen LogP contribution in [-0.2, 0) is 0 Å². The van der Waals surface area contributed by atoms with Gasteiger partial charge in [0.2, 0.25) is 0 Å². The molecule has 0 aromatic heterocycles. The molecule has 0 spiro atoms. The highest BCUT2D eigenvalue weighted by molar-refractivity contribution is 8.11. The molecule has 0 saturated carbocycles. The van der Waals surface area contributed by atoms with E-state index in [0.717, 1.165) is 5.56 Å². The number of aliphatic hydroxyl groups is 1. The van der Waals surface area contributed by atoms with Crippen LogP contribution in [0.4, 0.5) is 0 Å². The fraction of sp³-hybridized carbons (Fsp3) is 0. The summed E-state index contributed by atoms with van der Waals surface area (Å²) in [5, 5.41) is 9.42. The molecule has 0 radical (unpaired) electrons. The minimum Gasteiger partial charge on any atom is -0.507 e. The molecule has 0 atom stereocenters. The minimum atomic E-state index is 0.149. The summed E-state index contributed by atoms with van der Waals surface area (Å²) in [6.07, 6.45) is 1.44. The molecule has 0 bridgehead atoms. The fourth-order valence-corrected chi connectivity index (χ4v) is 1.04. The van der Waals surface area contributed by atoms with Gasteiger partial charge < -0.3 is 5.11 Å². The van der Waals surface area contributed by atoms with Gasteiger partial charge in [-0.15, -0.1) is 12.6 Å². The van der Waals surface area contributed by atoms with E-state index in [1.165, 1.54) is 6.08 Å². The number of hydrogen-bond donors (Lipinski definition) is 2. The van der Waals surface area contributed by atoms with Gasteiger partial charge in [-0.05, 0) is 0 Å². The Morgan fingerprint density at radius 2 is 1.92 bits per heavy atom. The maximum absolute atomic E-state index is 9.42. The Morgan fingerprint density at radius 3 is 2.42 bits per heavy atom. The van der Waals surface area contributed by atoms with E-state index in [4.69, 9.17) is 12.2 Å². The smallest absolute Gasteiger partial charge is 0.124 e. The van der Waals surface area contributed by atoms with E-state index in [-0.39, 0.29) is 5.76 Å². The van der Waals surface area contributed by atoms with Gasteiger partial charge >= 0.3 is 0 Å². The highest BCUT2D eigenvalue weighted by Gasteiger charge is 1.96. The Labute approximate surface area is 82.1 Å². The Bertz CT molecular complexity index is 304. The van der Waals surface area contributed by atoms with Crippen molar-refractivity contribution in [3.05, 3.63) is 42.0 Å². The Morgan fingerprint density at radius 1 is 1.33 bits per heavy atom. The summed E-state index contributed by atoms with van der Waals surface area (Å²) in [6.45, 7) is 0. The summed E-state index contributed by atoms with van der Waals surface area (Å²) in [7, 11) is 0. The molecule has 3 heteroatoms. The fourth-order valence-electron chi connectivity index (χ4n) is 0.809. The number of thiocarbonyl (C=S) groups is 1. The third-order valence-corrected chi connectivity index (χ3v) is 1.58. The Kier molecular flexibility index (Phi) is 3.31. The van der Waals surface area contributed by atoms with Crippen LogP contribution in [0, 0.1) is 0 Å². The number of hydrogen-bond acceptors (Lipinski definition) is 2. The van der Waals surface area contributed by atoms with Crippen molar-refractivity contribution in [3.8, 4) is 0 Å². The van der Waals surface area contributed by atoms with Crippen molar-refractivity contribution in [1.29, 1.82) is 0 Å². The van der Waals surface area contributed by atoms with Crippen molar-refractivity contribution in [2.24, 2.45) is 0 Å². The molecule has 0 heterocycles. The predicted octanol–water partition coefficient (Wildman–Crippen LogP) is 2.84. The highest BCUT2D eigenvalue weighted by atomic mass is 32.1. The van der Waals surface area contributed by atoms with Crippen LogP contribution < -0.4 is 0 Å². The summed E-state index contributed by atoms with van der Waals surface area (Å²) in [4.78, 5) is 0. The first-order valence-corrected chi connectivity index (χ1v) is 4.24. The first-order valence-electron chi connectivity index (χ1n) is 3.39. The van der Waals surface area contributed by atoms with Crippen LogP contribution >= 0.6 is 24.8 Å². The molecule has 0 unspecified atom stereocenters. The summed E-state index contributed by atoms with van der Waals surface area (Å²) in [5.41, 5.74) is 0.744. The van der Waals surface area contributed by atoms with Crippen LogP contribution in [0.15, 0.2) is 36.4 Å². The van der Waals surface area contributed by atoms with Crippen LogP contribution in [0.3, 0.4) is 0 Å². The molecule has 1 N–H and O–H groups in total. The topological polar surface area (TPSA) is 20.2 Å². The van der Waals surface area contributed by atoms with Gasteiger partial charge in [-0.2, -0.15) is 0 Å². The molecule has 1 aromatic carbocycles. The van der Waals surface area contributed by atoms with Crippen LogP contribution in [0.25, 0.3) is 5.76 Å². The third kappa shape index (κ3) is 2.68. The monoisotopic (exact) mass is 196 g/mol. The van der Waals surface area contributed by atoms with Crippen LogP contribution in [-0.4, -0.2) is 9.30 Å². The molecule has 1 nitrogen and oxygen atoms in total. The first-order chi connectivity index (χ1) is 5.70. The lowest BCUT2D eigenvalue weighted by molar-refractivity contribution is 0.512. The van der Waals surface area contributed by atoms with Crippen molar-refractivity contribution in [2.45, 2.75) is 0 Å². The van der Waals surface area contributed by atoms with Crippen molar-refractivity contribution in [2.75, 3.05) is 0 Å². The largest absolute Gasteiger partial charge is 0.507 e. The highest BCUT2D eigenvalue weighted by Crippen LogP contribution is 2.10. The molecule has 1 rings (SSSR count). The second-order valence-corrected chi connectivity index (χ2v) is 3.46. The van der Waals surface area contributed by atoms with Crippen molar-refractivity contribution < 1.29 is 5.11 Å². The molecular formula is C9H8OS2. The lowest BCUT2D eigenvalue weighted by atomic mass is 10.2. The molecule has 62 valence electrons. The maximum atomic E-state index is 9.42. The zero-order valence-electron chi connectivity index (χ0n) is 6.27. The van der Waals surface area contributed by atoms with E-state index in [1.54, 1.807) is 12.1 Å². The van der Waals surface area contributed by atoms with E-state index in [2.05, 4.69) is 12.6 Å². The van der Waals surface area contributed by atoms with Gasteiger partial charge in [-0.25, -0.2) is 0 Å². The van der Waals surface area contributed by atoms with Gasteiger partial charge in [0.1, 0.15) is 5.76 Å². The van der Waals surface area contributed by atoms with E-state index < -0.39 is 0 Å². The van der Waals surface area contributed by atoms with Gasteiger partial charge in [-0.1, -0.05) is 42.5 Å². The summed E-state index contributed by atoms with van der Waals surface area (Å²) in [6, 6.07) is 9.19. The van der Waals surface area contributed by atoms with E-state index in [0.29, 0.717) is 4.20 Å². The number of benzene rings is 1. The molecule has 0 amide bonds. The normalized spacial score (nSPS) is 11.2. The maximum Gasteiger partial charge on any atom is 0.124 e. The molecule has 0 aliphatic carbocycles. The molecule has 0 fully saturated rings. The van der Waals surface area contributed by atoms with Crippen LogP contribution in [0.1, 0.15) is 5.56 Å². The second kappa shape index (κ2) is 4.28. The quantitative estimate of drug-likeness (QED) is 0.328. The lowest BCUT2D eigenvalue weighted by Gasteiger charge is -1.97. The predicted molar refractivity (Wildman–Crippen MR) is 58.6 cm³/mol. The summed E-state index contributed by atoms with van der Waals surface area (Å²) >= 11 is 8.58. The van der Waals surface area contributed by atoms with Crippen molar-refractivity contribution in [1.82, 2.24) is 0 Å². The molecule has 12 heavy (non-hydrogen) atoms. The van der Waals surface area contributed by atoms with Gasteiger partial charge in [-0.3, -0.25) is 0 Å². The third-order valence-electron chi connectivity index (χ3n) is 1.33. The zero-order valence-corrected chi connectivity index (χ0v) is 7.98. The Hall–Kier alpha value is -0.800. The first kappa shape index (κ1) is 9.29. The molecular weight excluding hydrogens is 188 g/mol. The van der Waals surface area contributed by atoms with Gasteiger partial charge in [0.05, 0.1) is 4.20 Å². The molecule has 0 aliphatic heterocycles. The summed E-state index contributed by atoms with van der Waals surface area (Å²) < 4.78 is 0.372. The molecule has 0 aliphatic rings. The molecule has 1 aromatic rings. The zero-order chi connectivity index (χ0) is 8.97. The number of thiol groups is 1. The van der Waals surface area contributed by atoms with Gasteiger partial charge in [0.25, 0.3) is 0 Å². The van der Waals surface area contributed by atoms with Crippen LogP contribution in [0.5, 0.6) is 0 Å². The minimum absolute atomic E-state index is 0.149.